The Hall–Kier alpha value is -4.13. The van der Waals surface area contributed by atoms with Gasteiger partial charge >= 0.3 is 0 Å². The van der Waals surface area contributed by atoms with Crippen molar-refractivity contribution in [2.24, 2.45) is 0 Å². The van der Waals surface area contributed by atoms with Crippen LogP contribution in [0.1, 0.15) is 35.9 Å². The van der Waals surface area contributed by atoms with Crippen LogP contribution in [0.25, 0.3) is 0 Å². The normalized spacial score (nSPS) is 19.0. The summed E-state index contributed by atoms with van der Waals surface area (Å²) in [4.78, 5) is 13.7. The molecule has 2 atom stereocenters. The number of ketones is 1. The summed E-state index contributed by atoms with van der Waals surface area (Å²) in [6.45, 7) is 0. The molecule has 180 valence electrons. The number of ether oxygens (including phenoxy) is 3. The van der Waals surface area contributed by atoms with Gasteiger partial charge in [0.2, 0.25) is 5.75 Å². The minimum atomic E-state index is -0.387. The van der Waals surface area contributed by atoms with Gasteiger partial charge in [-0.15, -0.1) is 0 Å². The van der Waals surface area contributed by atoms with Crippen molar-refractivity contribution in [2.45, 2.75) is 24.8 Å². The van der Waals surface area contributed by atoms with Crippen molar-refractivity contribution in [1.82, 2.24) is 0 Å². The summed E-state index contributed by atoms with van der Waals surface area (Å²) in [5.41, 5.74) is 5.13. The van der Waals surface area contributed by atoms with E-state index in [4.69, 9.17) is 14.2 Å². The Labute approximate surface area is 204 Å². The highest BCUT2D eigenvalue weighted by molar-refractivity contribution is 6.01. The summed E-state index contributed by atoms with van der Waals surface area (Å²) in [5, 5.41) is 17.2. The van der Waals surface area contributed by atoms with Crippen LogP contribution in [-0.2, 0) is 4.79 Å². The SMILES string of the molecule is COc1cc(C2CC(=O)C3=C(C2)Nc2ccccc2NC3c2cccc(O)c2)cc(OC)c1OC. The topological polar surface area (TPSA) is 89.1 Å². The molecule has 0 aromatic heterocycles. The minimum absolute atomic E-state index is 0.0474. The Bertz CT molecular complexity index is 1290. The van der Waals surface area contributed by atoms with Crippen LogP contribution in [0.2, 0.25) is 0 Å². The molecule has 0 spiro atoms. The number of carbonyl (C=O) groups is 1. The molecule has 2 unspecified atom stereocenters. The molecule has 3 N–H and O–H groups in total. The molecule has 3 aromatic carbocycles. The number of methoxy groups -OCH3 is 3. The van der Waals surface area contributed by atoms with Gasteiger partial charge in [-0.2, -0.15) is 0 Å². The first-order valence-corrected chi connectivity index (χ1v) is 11.5. The van der Waals surface area contributed by atoms with Crippen LogP contribution in [0.5, 0.6) is 23.0 Å². The fourth-order valence-corrected chi connectivity index (χ4v) is 5.02. The number of carbonyl (C=O) groups excluding carboxylic acids is 1. The van der Waals surface area contributed by atoms with Crippen molar-refractivity contribution in [3.63, 3.8) is 0 Å². The number of rotatable bonds is 5. The summed E-state index contributed by atoms with van der Waals surface area (Å²) >= 11 is 0. The molecule has 0 saturated carbocycles. The molecule has 1 aliphatic carbocycles. The Morgan fingerprint density at radius 1 is 0.829 bits per heavy atom. The third-order valence-electron chi connectivity index (χ3n) is 6.67. The van der Waals surface area contributed by atoms with Crippen molar-refractivity contribution < 1.29 is 24.1 Å². The first kappa shape index (κ1) is 22.7. The number of hydrogen-bond acceptors (Lipinski definition) is 7. The number of phenols is 1. The van der Waals surface area contributed by atoms with Gasteiger partial charge in [0.1, 0.15) is 5.75 Å². The average molecular weight is 473 g/mol. The lowest BCUT2D eigenvalue weighted by Crippen LogP contribution is -2.26. The zero-order valence-electron chi connectivity index (χ0n) is 19.9. The fraction of sp³-hybridized carbons (Fsp3) is 0.250. The standard InChI is InChI=1S/C28H28N2O5/c1-33-24-14-18(15-25(34-2)28(24)35-3)17-12-22-26(23(32)13-17)27(16-7-6-8-19(31)11-16)30-21-10-5-4-9-20(21)29-22/h4-11,14-15,17,27,29-31H,12-13H2,1-3H3. The number of aromatic hydroxyl groups is 1. The number of nitrogens with one attached hydrogen (secondary N) is 2. The lowest BCUT2D eigenvalue weighted by molar-refractivity contribution is -0.116. The Morgan fingerprint density at radius 2 is 1.54 bits per heavy atom. The van der Waals surface area contributed by atoms with E-state index < -0.39 is 0 Å². The average Bonchev–Trinajstić information content (AvgIpc) is 3.04. The van der Waals surface area contributed by atoms with Gasteiger partial charge in [-0.1, -0.05) is 24.3 Å². The van der Waals surface area contributed by atoms with E-state index in [1.165, 1.54) is 0 Å². The molecule has 0 bridgehead atoms. The summed E-state index contributed by atoms with van der Waals surface area (Å²) in [6, 6.07) is 18.4. The highest BCUT2D eigenvalue weighted by atomic mass is 16.5. The zero-order valence-corrected chi connectivity index (χ0v) is 19.9. The maximum absolute atomic E-state index is 13.7. The van der Waals surface area contributed by atoms with Crippen molar-refractivity contribution in [3.05, 3.63) is 83.1 Å². The van der Waals surface area contributed by atoms with Crippen LogP contribution in [0.15, 0.2) is 71.9 Å². The monoisotopic (exact) mass is 472 g/mol. The van der Waals surface area contributed by atoms with Gasteiger partial charge in [0.15, 0.2) is 17.3 Å². The predicted molar refractivity (Wildman–Crippen MR) is 135 cm³/mol. The quantitative estimate of drug-likeness (QED) is 0.458. The Balaban J connectivity index is 1.60. The van der Waals surface area contributed by atoms with Crippen molar-refractivity contribution in [1.29, 1.82) is 0 Å². The van der Waals surface area contributed by atoms with Gasteiger partial charge in [0, 0.05) is 17.7 Å². The van der Waals surface area contributed by atoms with E-state index in [0.29, 0.717) is 35.7 Å². The molecule has 3 aromatic rings. The predicted octanol–water partition coefficient (Wildman–Crippen LogP) is 5.40. The van der Waals surface area contributed by atoms with Crippen LogP contribution in [-0.4, -0.2) is 32.2 Å². The van der Waals surface area contributed by atoms with E-state index in [0.717, 1.165) is 28.2 Å². The minimum Gasteiger partial charge on any atom is -0.508 e. The van der Waals surface area contributed by atoms with E-state index in [2.05, 4.69) is 10.6 Å². The van der Waals surface area contributed by atoms with Crippen LogP contribution < -0.4 is 24.8 Å². The van der Waals surface area contributed by atoms with Gasteiger partial charge < -0.3 is 30.0 Å². The molecule has 7 nitrogen and oxygen atoms in total. The molecule has 7 heteroatoms. The highest BCUT2D eigenvalue weighted by Gasteiger charge is 2.36. The van der Waals surface area contributed by atoms with E-state index >= 15 is 0 Å². The number of benzene rings is 3. The summed E-state index contributed by atoms with van der Waals surface area (Å²) in [5.74, 6) is 1.79. The number of Topliss-reactive ketones (excluding diaryl/α,β-unsaturated/α-hetero) is 1. The van der Waals surface area contributed by atoms with Gasteiger partial charge in [0.05, 0.1) is 38.7 Å². The molecular weight excluding hydrogens is 444 g/mol. The van der Waals surface area contributed by atoms with E-state index in [1.54, 1.807) is 39.5 Å². The second-order valence-corrected chi connectivity index (χ2v) is 8.72. The highest BCUT2D eigenvalue weighted by Crippen LogP contribution is 2.47. The van der Waals surface area contributed by atoms with Crippen LogP contribution in [0.3, 0.4) is 0 Å². The second-order valence-electron chi connectivity index (χ2n) is 8.72. The Morgan fingerprint density at radius 3 is 2.20 bits per heavy atom. The first-order valence-electron chi connectivity index (χ1n) is 11.5. The van der Waals surface area contributed by atoms with Gasteiger partial charge in [-0.3, -0.25) is 4.79 Å². The molecule has 0 radical (unpaired) electrons. The molecule has 2 aliphatic rings. The summed E-state index contributed by atoms with van der Waals surface area (Å²) in [6.07, 6.45) is 0.970. The molecular formula is C28H28N2O5. The first-order chi connectivity index (χ1) is 17.0. The van der Waals surface area contributed by atoms with Crippen LogP contribution in [0.4, 0.5) is 11.4 Å². The maximum Gasteiger partial charge on any atom is 0.203 e. The number of anilines is 2. The number of fused-ring (bicyclic) bond motifs is 1. The van der Waals surface area contributed by atoms with Crippen molar-refractivity contribution >= 4 is 17.2 Å². The number of hydrogen-bond donors (Lipinski definition) is 3. The van der Waals surface area contributed by atoms with E-state index in [-0.39, 0.29) is 23.5 Å². The largest absolute Gasteiger partial charge is 0.508 e. The van der Waals surface area contributed by atoms with Gasteiger partial charge in [-0.05, 0) is 59.9 Å². The van der Waals surface area contributed by atoms with Crippen LogP contribution in [0, 0.1) is 0 Å². The number of allylic oxidation sites excluding steroid dienone is 1. The molecule has 1 heterocycles. The molecule has 5 rings (SSSR count). The molecule has 35 heavy (non-hydrogen) atoms. The third-order valence-corrected chi connectivity index (χ3v) is 6.67. The third kappa shape index (κ3) is 4.14. The smallest absolute Gasteiger partial charge is 0.203 e. The lowest BCUT2D eigenvalue weighted by atomic mass is 9.78. The van der Waals surface area contributed by atoms with E-state index in [9.17, 15) is 9.90 Å². The summed E-state index contributed by atoms with van der Waals surface area (Å²) < 4.78 is 16.6. The molecule has 0 amide bonds. The maximum atomic E-state index is 13.7. The van der Waals surface area contributed by atoms with E-state index in [1.807, 2.05) is 42.5 Å². The van der Waals surface area contributed by atoms with Crippen molar-refractivity contribution in [3.8, 4) is 23.0 Å². The Kier molecular flexibility index (Phi) is 5.99. The number of phenolic OH excluding ortho intramolecular Hbond substituents is 1. The second kappa shape index (κ2) is 9.25. The number of para-hydroxylation sites is 2. The lowest BCUT2D eigenvalue weighted by Gasteiger charge is -2.30. The molecule has 0 fully saturated rings. The zero-order chi connectivity index (χ0) is 24.5. The fourth-order valence-electron chi connectivity index (χ4n) is 5.02. The molecule has 0 saturated heterocycles. The van der Waals surface area contributed by atoms with Gasteiger partial charge in [0.25, 0.3) is 0 Å². The van der Waals surface area contributed by atoms with Crippen molar-refractivity contribution in [2.75, 3.05) is 32.0 Å². The summed E-state index contributed by atoms with van der Waals surface area (Å²) in [7, 11) is 4.74. The molecule has 1 aliphatic heterocycles. The van der Waals surface area contributed by atoms with Crippen LogP contribution >= 0.6 is 0 Å². The van der Waals surface area contributed by atoms with Gasteiger partial charge in [-0.25, -0.2) is 0 Å².